The van der Waals surface area contributed by atoms with Gasteiger partial charge in [-0.05, 0) is 37.9 Å². The fraction of sp³-hybridized carbons (Fsp3) is 0.667. The largest absolute Gasteiger partial charge is 0.354 e. The normalized spacial score (nSPS) is 18.2. The van der Waals surface area contributed by atoms with E-state index in [1.54, 1.807) is 0 Å². The molecule has 1 fully saturated rings. The van der Waals surface area contributed by atoms with E-state index in [0.29, 0.717) is 0 Å². The number of hydrogen-bond acceptors (Lipinski definition) is 4. The fourth-order valence-electron chi connectivity index (χ4n) is 2.58. The van der Waals surface area contributed by atoms with E-state index in [1.807, 2.05) is 25.3 Å². The maximum Gasteiger partial charge on any atom is 0.128 e. The van der Waals surface area contributed by atoms with Crippen molar-refractivity contribution < 1.29 is 0 Å². The van der Waals surface area contributed by atoms with Crippen molar-refractivity contribution in [2.75, 3.05) is 31.1 Å². The number of aromatic nitrogens is 1. The summed E-state index contributed by atoms with van der Waals surface area (Å²) in [4.78, 5) is 12.2. The number of pyridine rings is 1. The lowest BCUT2D eigenvalue weighted by Crippen LogP contribution is -2.53. The van der Waals surface area contributed by atoms with Gasteiger partial charge in [-0.1, -0.05) is 18.1 Å². The molecule has 0 amide bonds. The molecule has 6 nitrogen and oxygen atoms in total. The first kappa shape index (κ1) is 15.6. The van der Waals surface area contributed by atoms with Crippen molar-refractivity contribution in [2.45, 2.75) is 39.3 Å². The Morgan fingerprint density at radius 3 is 2.38 bits per heavy atom. The molecule has 0 bridgehead atoms. The van der Waals surface area contributed by atoms with Gasteiger partial charge >= 0.3 is 0 Å². The van der Waals surface area contributed by atoms with E-state index in [0.717, 1.165) is 37.6 Å². The summed E-state index contributed by atoms with van der Waals surface area (Å²) in [5.41, 5.74) is 9.65. The SMILES string of the molecule is CC(N=[N+]=[N-])c1ccc(N2CCN(C(C)(C)C)CC2)nc1. The Balaban J connectivity index is 1.99. The van der Waals surface area contributed by atoms with Crippen molar-refractivity contribution in [1.29, 1.82) is 0 Å². The topological polar surface area (TPSA) is 68.1 Å². The van der Waals surface area contributed by atoms with E-state index in [2.05, 4.69) is 45.6 Å². The second-order valence-corrected chi connectivity index (χ2v) is 6.48. The summed E-state index contributed by atoms with van der Waals surface area (Å²) in [5, 5.41) is 3.69. The molecule has 1 aliphatic rings. The van der Waals surface area contributed by atoms with E-state index in [-0.39, 0.29) is 11.6 Å². The Labute approximate surface area is 126 Å². The van der Waals surface area contributed by atoms with Crippen molar-refractivity contribution >= 4 is 5.82 Å². The zero-order valence-electron chi connectivity index (χ0n) is 13.3. The molecule has 1 unspecified atom stereocenters. The molecule has 6 heteroatoms. The van der Waals surface area contributed by atoms with Crippen LogP contribution < -0.4 is 4.90 Å². The third-order valence-corrected chi connectivity index (χ3v) is 4.03. The van der Waals surface area contributed by atoms with Gasteiger partial charge in [0.2, 0.25) is 0 Å². The summed E-state index contributed by atoms with van der Waals surface area (Å²) < 4.78 is 0. The van der Waals surface area contributed by atoms with E-state index in [9.17, 15) is 0 Å². The van der Waals surface area contributed by atoms with Crippen LogP contribution in [0.1, 0.15) is 39.3 Å². The zero-order chi connectivity index (χ0) is 15.5. The summed E-state index contributed by atoms with van der Waals surface area (Å²) >= 11 is 0. The molecule has 1 aliphatic heterocycles. The van der Waals surface area contributed by atoms with Crippen LogP contribution in [0.3, 0.4) is 0 Å². The van der Waals surface area contributed by atoms with Gasteiger partial charge in [0.25, 0.3) is 0 Å². The monoisotopic (exact) mass is 288 g/mol. The first-order valence-electron chi connectivity index (χ1n) is 7.42. The van der Waals surface area contributed by atoms with Crippen molar-refractivity contribution in [3.8, 4) is 0 Å². The molecule has 0 saturated carbocycles. The third kappa shape index (κ3) is 3.86. The second kappa shape index (κ2) is 6.33. The average Bonchev–Trinajstić information content (AvgIpc) is 2.47. The lowest BCUT2D eigenvalue weighted by molar-refractivity contribution is 0.128. The highest BCUT2D eigenvalue weighted by molar-refractivity contribution is 5.40. The Bertz CT molecular complexity index is 504. The van der Waals surface area contributed by atoms with Crippen LogP contribution in [0.4, 0.5) is 5.82 Å². The molecule has 1 atom stereocenters. The molecule has 114 valence electrons. The molecule has 0 radical (unpaired) electrons. The molecule has 21 heavy (non-hydrogen) atoms. The van der Waals surface area contributed by atoms with Crippen LogP contribution in [0.15, 0.2) is 23.4 Å². The van der Waals surface area contributed by atoms with Crippen LogP contribution in [-0.2, 0) is 0 Å². The maximum atomic E-state index is 8.47. The summed E-state index contributed by atoms with van der Waals surface area (Å²) in [6, 6.07) is 3.85. The molecule has 0 aliphatic carbocycles. The molecular weight excluding hydrogens is 264 g/mol. The first-order valence-corrected chi connectivity index (χ1v) is 7.42. The van der Waals surface area contributed by atoms with Gasteiger partial charge in [0, 0.05) is 42.8 Å². The summed E-state index contributed by atoms with van der Waals surface area (Å²) in [6.07, 6.45) is 1.81. The molecular formula is C15H24N6. The van der Waals surface area contributed by atoms with E-state index >= 15 is 0 Å². The summed E-state index contributed by atoms with van der Waals surface area (Å²) in [6.45, 7) is 12.8. The smallest absolute Gasteiger partial charge is 0.128 e. The quantitative estimate of drug-likeness (QED) is 0.486. The number of azide groups is 1. The fourth-order valence-corrected chi connectivity index (χ4v) is 2.58. The molecule has 2 heterocycles. The predicted molar refractivity (Wildman–Crippen MR) is 85.3 cm³/mol. The van der Waals surface area contributed by atoms with E-state index < -0.39 is 0 Å². The van der Waals surface area contributed by atoms with Gasteiger partial charge in [-0.3, -0.25) is 4.90 Å². The van der Waals surface area contributed by atoms with Gasteiger partial charge in [-0.25, -0.2) is 4.98 Å². The van der Waals surface area contributed by atoms with Crippen LogP contribution in [0, 0.1) is 0 Å². The summed E-state index contributed by atoms with van der Waals surface area (Å²) in [5.74, 6) is 1.00. The molecule has 1 saturated heterocycles. The minimum Gasteiger partial charge on any atom is -0.354 e. The summed E-state index contributed by atoms with van der Waals surface area (Å²) in [7, 11) is 0. The van der Waals surface area contributed by atoms with Crippen molar-refractivity contribution in [1.82, 2.24) is 9.88 Å². The van der Waals surface area contributed by atoms with E-state index in [4.69, 9.17) is 5.53 Å². The van der Waals surface area contributed by atoms with E-state index in [1.165, 1.54) is 0 Å². The van der Waals surface area contributed by atoms with Crippen LogP contribution >= 0.6 is 0 Å². The Morgan fingerprint density at radius 1 is 1.24 bits per heavy atom. The van der Waals surface area contributed by atoms with Crippen molar-refractivity contribution in [3.63, 3.8) is 0 Å². The Morgan fingerprint density at radius 2 is 1.90 bits per heavy atom. The third-order valence-electron chi connectivity index (χ3n) is 4.03. The van der Waals surface area contributed by atoms with Gasteiger partial charge in [-0.2, -0.15) is 0 Å². The molecule has 1 aromatic rings. The van der Waals surface area contributed by atoms with Crippen LogP contribution in [0.2, 0.25) is 0 Å². The highest BCUT2D eigenvalue weighted by Crippen LogP contribution is 2.21. The minimum absolute atomic E-state index is 0.172. The number of nitrogens with zero attached hydrogens (tertiary/aromatic N) is 6. The van der Waals surface area contributed by atoms with Gasteiger partial charge in [-0.15, -0.1) is 0 Å². The van der Waals surface area contributed by atoms with Crippen LogP contribution in [-0.4, -0.2) is 41.6 Å². The van der Waals surface area contributed by atoms with Crippen LogP contribution in [0.25, 0.3) is 10.4 Å². The van der Waals surface area contributed by atoms with Crippen molar-refractivity contribution in [2.24, 2.45) is 5.11 Å². The first-order chi connectivity index (χ1) is 9.91. The van der Waals surface area contributed by atoms with Gasteiger partial charge in [0.15, 0.2) is 0 Å². The molecule has 1 aromatic heterocycles. The van der Waals surface area contributed by atoms with Gasteiger partial charge < -0.3 is 4.90 Å². The van der Waals surface area contributed by atoms with Gasteiger partial charge in [0.05, 0.1) is 6.04 Å². The van der Waals surface area contributed by atoms with Gasteiger partial charge in [0.1, 0.15) is 5.82 Å². The second-order valence-electron chi connectivity index (χ2n) is 6.48. The number of rotatable bonds is 3. The number of hydrogen-bond donors (Lipinski definition) is 0. The highest BCUT2D eigenvalue weighted by Gasteiger charge is 2.26. The highest BCUT2D eigenvalue weighted by atomic mass is 15.3. The maximum absolute atomic E-state index is 8.47. The molecule has 0 N–H and O–H groups in total. The number of piperazine rings is 1. The lowest BCUT2D eigenvalue weighted by atomic mass is 10.0. The Kier molecular flexibility index (Phi) is 4.70. The standard InChI is InChI=1S/C15H24N6/c1-12(18-19-16)13-5-6-14(17-11-13)20-7-9-21(10-8-20)15(2,3)4/h5-6,11-12H,7-10H2,1-4H3. The molecule has 0 aromatic carbocycles. The molecule has 2 rings (SSSR count). The Hall–Kier alpha value is -1.78. The predicted octanol–water partition coefficient (Wildman–Crippen LogP) is 3.37. The lowest BCUT2D eigenvalue weighted by Gasteiger charge is -2.42. The minimum atomic E-state index is -0.172. The average molecular weight is 288 g/mol. The zero-order valence-corrected chi connectivity index (χ0v) is 13.3. The van der Waals surface area contributed by atoms with Crippen LogP contribution in [0.5, 0.6) is 0 Å². The number of anilines is 1. The molecule has 0 spiro atoms. The van der Waals surface area contributed by atoms with Crippen molar-refractivity contribution in [3.05, 3.63) is 34.3 Å².